The quantitative estimate of drug-likeness (QED) is 0.0511. The molecule has 14 nitrogen and oxygen atoms in total. The van der Waals surface area contributed by atoms with Crippen molar-refractivity contribution in [1.82, 2.24) is 36.2 Å². The second kappa shape index (κ2) is 17.9. The molecule has 2 aromatic carbocycles. The Bertz CT molecular complexity index is 2160. The molecule has 3 amide bonds. The summed E-state index contributed by atoms with van der Waals surface area (Å²) >= 11 is 0. The summed E-state index contributed by atoms with van der Waals surface area (Å²) in [5.74, 6) is -1.47. The first kappa shape index (κ1) is 44.0. The lowest BCUT2D eigenvalue weighted by molar-refractivity contribution is -0.274. The Labute approximate surface area is 345 Å². The maximum absolute atomic E-state index is 15.6. The van der Waals surface area contributed by atoms with E-state index in [1.807, 2.05) is 34.6 Å². The molecule has 322 valence electrons. The first-order valence-corrected chi connectivity index (χ1v) is 19.7. The molecule has 0 bridgehead atoms. The molecule has 60 heavy (non-hydrogen) atoms. The number of aromatic nitrogens is 3. The largest absolute Gasteiger partial charge is 0.573 e. The summed E-state index contributed by atoms with van der Waals surface area (Å²) < 4.78 is 60.8. The average Bonchev–Trinajstić information content (AvgIpc) is 3.47. The van der Waals surface area contributed by atoms with E-state index in [2.05, 4.69) is 48.6 Å². The number of hydrogen-bond donors (Lipinski definition) is 6. The van der Waals surface area contributed by atoms with E-state index < -0.39 is 35.6 Å². The molecular weight excluding hydrogens is 787 g/mol. The second-order valence-electron chi connectivity index (χ2n) is 16.6. The summed E-state index contributed by atoms with van der Waals surface area (Å²) in [6, 6.07) is 9.82. The van der Waals surface area contributed by atoms with Crippen LogP contribution in [0, 0.1) is 29.0 Å². The fourth-order valence-corrected chi connectivity index (χ4v) is 7.32. The van der Waals surface area contributed by atoms with Gasteiger partial charge in [0.1, 0.15) is 29.3 Å². The van der Waals surface area contributed by atoms with Crippen molar-refractivity contribution >= 4 is 29.2 Å². The Morgan fingerprint density at radius 2 is 1.75 bits per heavy atom. The van der Waals surface area contributed by atoms with Crippen molar-refractivity contribution in [2.45, 2.75) is 78.9 Å². The Morgan fingerprint density at radius 3 is 2.37 bits per heavy atom. The standard InChI is InChI=1S/C42H51F4N9O5/c1-22(2)36(53-54-59-7)40(58)55-21-23(3)14-33(55)37-49-20-32(51-37)26-10-8-25(9-11-26)28-15-30(43)31(16-34(28)60-42(44,45)46)52-38(56)27-12-13-35(48-19-27)47-18-24(4)50-39(57)29-17-41(29,5)6/h8-13,15-16,19-20,22-24,29,33,36,53-54H,14,17-18,21H2,1-7H3,(H,47,48)(H,49,51)(H,50,57)(H,52,56)/t23-,24-,29+,33-,36-/m0/s1. The lowest BCUT2D eigenvalue weighted by atomic mass is 10.0. The highest BCUT2D eigenvalue weighted by Gasteiger charge is 2.50. The molecule has 5 atom stereocenters. The maximum atomic E-state index is 15.6. The number of hydrazine groups is 1. The Hall–Kier alpha value is -5.59. The monoisotopic (exact) mass is 837 g/mol. The van der Waals surface area contributed by atoms with Crippen LogP contribution in [0.3, 0.4) is 0 Å². The van der Waals surface area contributed by atoms with Crippen molar-refractivity contribution < 1.29 is 41.5 Å². The molecule has 6 rings (SSSR count). The molecule has 3 heterocycles. The first-order valence-electron chi connectivity index (χ1n) is 19.7. The number of halogens is 4. The van der Waals surface area contributed by atoms with Gasteiger partial charge in [-0.05, 0) is 60.8 Å². The molecule has 0 unspecified atom stereocenters. The van der Waals surface area contributed by atoms with Crippen LogP contribution in [-0.4, -0.2) is 76.2 Å². The number of carbonyl (C=O) groups is 3. The first-order chi connectivity index (χ1) is 28.3. The van der Waals surface area contributed by atoms with E-state index >= 15 is 4.39 Å². The minimum absolute atomic E-state index is 0.000640. The maximum Gasteiger partial charge on any atom is 0.573 e. The number of amides is 3. The second-order valence-corrected chi connectivity index (χ2v) is 16.6. The number of alkyl halides is 3. The van der Waals surface area contributed by atoms with Crippen LogP contribution in [0.5, 0.6) is 5.75 Å². The summed E-state index contributed by atoms with van der Waals surface area (Å²) in [6.07, 6.45) is -0.668. The Kier molecular flexibility index (Phi) is 13.2. The lowest BCUT2D eigenvalue weighted by Crippen LogP contribution is -2.53. The molecule has 2 fully saturated rings. The van der Waals surface area contributed by atoms with E-state index in [1.165, 1.54) is 37.6 Å². The van der Waals surface area contributed by atoms with E-state index in [-0.39, 0.29) is 63.8 Å². The molecule has 4 aromatic rings. The van der Waals surface area contributed by atoms with Gasteiger partial charge in [0.15, 0.2) is 0 Å². The SMILES string of the molecule is CONN[C@H](C(=O)N1C[C@@H](C)C[C@H]1c1nc(-c2ccc(-c3cc(F)c(NC(=O)c4ccc(NC[C@H](C)NC(=O)[C@H]5CC5(C)C)nc4)cc3OC(F)(F)F)cc2)c[nH]1)C(C)C. The van der Waals surface area contributed by atoms with Crippen LogP contribution in [0.2, 0.25) is 0 Å². The number of rotatable bonds is 16. The van der Waals surface area contributed by atoms with E-state index in [9.17, 15) is 27.6 Å². The molecule has 1 aliphatic heterocycles. The minimum atomic E-state index is -5.13. The molecule has 1 saturated heterocycles. The van der Waals surface area contributed by atoms with E-state index in [0.717, 1.165) is 18.6 Å². The fourth-order valence-electron chi connectivity index (χ4n) is 7.32. The summed E-state index contributed by atoms with van der Waals surface area (Å²) in [7, 11) is 1.45. The number of likely N-dealkylation sites (tertiary alicyclic amines) is 1. The van der Waals surface area contributed by atoms with Gasteiger partial charge in [0.25, 0.3) is 5.91 Å². The number of pyridine rings is 1. The number of anilines is 2. The predicted octanol–water partition coefficient (Wildman–Crippen LogP) is 6.98. The molecular formula is C42H51F4N9O5. The number of carbonyl (C=O) groups excluding carboxylic acids is 3. The van der Waals surface area contributed by atoms with Gasteiger partial charge in [-0.15, -0.1) is 18.8 Å². The van der Waals surface area contributed by atoms with E-state index in [1.54, 1.807) is 23.2 Å². The number of benzene rings is 2. The van der Waals surface area contributed by atoms with Gasteiger partial charge < -0.3 is 30.6 Å². The van der Waals surface area contributed by atoms with Gasteiger partial charge >= 0.3 is 6.36 Å². The van der Waals surface area contributed by atoms with Crippen LogP contribution < -0.4 is 31.7 Å². The van der Waals surface area contributed by atoms with Crippen molar-refractivity contribution in [3.05, 3.63) is 78.1 Å². The lowest BCUT2D eigenvalue weighted by Gasteiger charge is -2.30. The normalized spacial score (nSPS) is 19.5. The molecule has 1 aliphatic carbocycles. The number of ether oxygens (including phenoxy) is 1. The van der Waals surface area contributed by atoms with E-state index in [0.29, 0.717) is 42.4 Å². The van der Waals surface area contributed by atoms with Crippen molar-refractivity contribution in [3.63, 3.8) is 0 Å². The van der Waals surface area contributed by atoms with Gasteiger partial charge in [-0.2, -0.15) is 0 Å². The molecule has 2 aliphatic rings. The highest BCUT2D eigenvalue weighted by molar-refractivity contribution is 6.04. The van der Waals surface area contributed by atoms with Crippen molar-refractivity contribution in [3.8, 4) is 28.1 Å². The van der Waals surface area contributed by atoms with Gasteiger partial charge in [-0.25, -0.2) is 19.8 Å². The number of hydrogen-bond acceptors (Lipinski definition) is 10. The smallest absolute Gasteiger partial charge is 0.405 e. The summed E-state index contributed by atoms with van der Waals surface area (Å²) in [6.45, 7) is 12.8. The third-order valence-electron chi connectivity index (χ3n) is 10.8. The zero-order valence-electron chi connectivity index (χ0n) is 34.5. The number of H-pyrrole nitrogens is 1. The summed E-state index contributed by atoms with van der Waals surface area (Å²) in [5.41, 5.74) is 6.13. The molecule has 2 aromatic heterocycles. The highest BCUT2D eigenvalue weighted by atomic mass is 19.4. The number of nitrogens with one attached hydrogen (secondary N) is 6. The molecule has 0 spiro atoms. The predicted molar refractivity (Wildman–Crippen MR) is 216 cm³/mol. The van der Waals surface area contributed by atoms with Crippen LogP contribution >= 0.6 is 0 Å². The van der Waals surface area contributed by atoms with Gasteiger partial charge in [0.05, 0.1) is 30.1 Å². The van der Waals surface area contributed by atoms with Crippen LogP contribution in [0.25, 0.3) is 22.4 Å². The Balaban J connectivity index is 1.13. The van der Waals surface area contributed by atoms with Gasteiger partial charge in [-0.3, -0.25) is 19.2 Å². The molecule has 1 saturated carbocycles. The zero-order valence-corrected chi connectivity index (χ0v) is 34.5. The van der Waals surface area contributed by atoms with Crippen LogP contribution in [0.15, 0.2) is 60.9 Å². The highest BCUT2D eigenvalue weighted by Crippen LogP contribution is 2.51. The minimum Gasteiger partial charge on any atom is -0.405 e. The van der Waals surface area contributed by atoms with E-state index in [4.69, 9.17) is 9.82 Å². The van der Waals surface area contributed by atoms with Gasteiger partial charge in [0, 0.05) is 54.6 Å². The molecule has 0 radical (unpaired) electrons. The van der Waals surface area contributed by atoms with Crippen molar-refractivity contribution in [2.24, 2.45) is 23.2 Å². The van der Waals surface area contributed by atoms with Gasteiger partial charge in [0.2, 0.25) is 11.8 Å². The van der Waals surface area contributed by atoms with Crippen LogP contribution in [-0.2, 0) is 14.4 Å². The molecule has 18 heteroatoms. The summed E-state index contributed by atoms with van der Waals surface area (Å²) in [4.78, 5) is 58.0. The topological polar surface area (TPSA) is 175 Å². The van der Waals surface area contributed by atoms with Gasteiger partial charge in [-0.1, -0.05) is 58.9 Å². The third-order valence-corrected chi connectivity index (χ3v) is 10.8. The van der Waals surface area contributed by atoms with Crippen LogP contribution in [0.1, 0.15) is 76.6 Å². The third kappa shape index (κ3) is 10.6. The number of aromatic amines is 1. The van der Waals surface area contributed by atoms with Crippen LogP contribution in [0.4, 0.5) is 29.1 Å². The van der Waals surface area contributed by atoms with Crippen molar-refractivity contribution in [1.29, 1.82) is 0 Å². The average molecular weight is 838 g/mol. The molecule has 6 N–H and O–H groups in total. The zero-order chi connectivity index (χ0) is 43.5. The Morgan fingerprint density at radius 1 is 1.05 bits per heavy atom. The fraction of sp³-hybridized carbons (Fsp3) is 0.452. The number of imidazole rings is 1. The summed E-state index contributed by atoms with van der Waals surface area (Å²) in [5, 5.41) is 8.37. The van der Waals surface area contributed by atoms with Crippen molar-refractivity contribution in [2.75, 3.05) is 30.8 Å². The number of nitrogens with zero attached hydrogens (tertiary/aromatic N) is 3.